The molecule has 2 N–H and O–H groups in total. The number of nitrogens with zero attached hydrogens (tertiary/aromatic N) is 3. The Kier molecular flexibility index (Phi) is 8.17. The maximum Gasteiger partial charge on any atom is 0.233 e. The molecule has 7 nitrogen and oxygen atoms in total. The number of guanidine groups is 1. The van der Waals surface area contributed by atoms with Gasteiger partial charge in [-0.15, -0.1) is 24.0 Å². The lowest BCUT2D eigenvalue weighted by Crippen LogP contribution is -2.43. The number of carbonyl (C=O) groups is 2. The summed E-state index contributed by atoms with van der Waals surface area (Å²) in [6, 6.07) is 0. The van der Waals surface area contributed by atoms with Gasteiger partial charge in [0.05, 0.1) is 11.8 Å². The van der Waals surface area contributed by atoms with Crippen LogP contribution in [0.4, 0.5) is 0 Å². The standard InChI is InChI=1S/C22H35N5O2.HI/c1-3-23-22(24-9-6-15-7-11-26(2)12-8-15)25-10-13-27-20(28)18-16-4-5-17(14-16)19(18)21(27)29;/h4-5,15-19H,3,6-14H2,1-2H3,(H2,23,24,25);1H. The van der Waals surface area contributed by atoms with Crippen molar-refractivity contribution < 1.29 is 9.59 Å². The second-order valence-corrected chi connectivity index (χ2v) is 9.05. The van der Waals surface area contributed by atoms with E-state index in [0.717, 1.165) is 37.8 Å². The highest BCUT2D eigenvalue weighted by atomic mass is 127. The van der Waals surface area contributed by atoms with E-state index in [4.69, 9.17) is 4.99 Å². The highest BCUT2D eigenvalue weighted by Crippen LogP contribution is 2.52. The summed E-state index contributed by atoms with van der Waals surface area (Å²) in [6.07, 6.45) is 8.89. The zero-order chi connectivity index (χ0) is 20.4. The summed E-state index contributed by atoms with van der Waals surface area (Å²) in [5.41, 5.74) is 0. The normalized spacial score (nSPS) is 31.3. The Labute approximate surface area is 197 Å². The van der Waals surface area contributed by atoms with Gasteiger partial charge in [-0.05, 0) is 70.5 Å². The Balaban J connectivity index is 0.00000256. The molecule has 0 radical (unpaired) electrons. The Morgan fingerprint density at radius 3 is 2.33 bits per heavy atom. The highest BCUT2D eigenvalue weighted by Gasteiger charge is 2.58. The Bertz CT molecular complexity index is 659. The van der Waals surface area contributed by atoms with Gasteiger partial charge in [0.15, 0.2) is 5.96 Å². The van der Waals surface area contributed by atoms with Gasteiger partial charge in [0.2, 0.25) is 11.8 Å². The van der Waals surface area contributed by atoms with Gasteiger partial charge in [-0.3, -0.25) is 19.5 Å². The average Bonchev–Trinajstić information content (AvgIpc) is 3.39. The number of halogens is 1. The Hall–Kier alpha value is -1.16. The van der Waals surface area contributed by atoms with Crippen molar-refractivity contribution >= 4 is 41.8 Å². The lowest BCUT2D eigenvalue weighted by atomic mass is 9.85. The zero-order valence-corrected chi connectivity index (χ0v) is 20.5. The first kappa shape index (κ1) is 23.5. The number of allylic oxidation sites excluding steroid dienone is 2. The van der Waals surface area contributed by atoms with Crippen LogP contribution in [0.1, 0.15) is 32.6 Å². The topological polar surface area (TPSA) is 77.0 Å². The van der Waals surface area contributed by atoms with Crippen molar-refractivity contribution in [3.8, 4) is 0 Å². The molecule has 1 saturated carbocycles. The van der Waals surface area contributed by atoms with Crippen LogP contribution in [0, 0.1) is 29.6 Å². The number of carbonyl (C=O) groups excluding carboxylic acids is 2. The van der Waals surface area contributed by atoms with Gasteiger partial charge in [-0.25, -0.2) is 0 Å². The molecular weight excluding hydrogens is 493 g/mol. The van der Waals surface area contributed by atoms with Crippen molar-refractivity contribution in [3.63, 3.8) is 0 Å². The first-order valence-electron chi connectivity index (χ1n) is 11.3. The van der Waals surface area contributed by atoms with Crippen molar-refractivity contribution in [3.05, 3.63) is 12.2 Å². The predicted molar refractivity (Wildman–Crippen MR) is 129 cm³/mol. The van der Waals surface area contributed by atoms with Gasteiger partial charge in [-0.2, -0.15) is 0 Å². The molecular formula is C22H36IN5O2. The lowest BCUT2D eigenvalue weighted by Gasteiger charge is -2.28. The van der Waals surface area contributed by atoms with E-state index >= 15 is 0 Å². The quantitative estimate of drug-likeness (QED) is 0.173. The summed E-state index contributed by atoms with van der Waals surface area (Å²) in [5, 5.41) is 6.58. The van der Waals surface area contributed by atoms with Crippen LogP contribution < -0.4 is 10.6 Å². The van der Waals surface area contributed by atoms with E-state index in [2.05, 4.69) is 34.7 Å². The molecule has 30 heavy (non-hydrogen) atoms. The van der Waals surface area contributed by atoms with E-state index in [0.29, 0.717) is 13.1 Å². The number of aliphatic imine (C=N–C) groups is 1. The molecule has 2 bridgehead atoms. The van der Waals surface area contributed by atoms with Crippen LogP contribution in [0.25, 0.3) is 0 Å². The van der Waals surface area contributed by atoms with Crippen molar-refractivity contribution in [2.75, 3.05) is 46.3 Å². The summed E-state index contributed by atoms with van der Waals surface area (Å²) in [5.74, 6) is 1.95. The van der Waals surface area contributed by atoms with Crippen LogP contribution in [0.15, 0.2) is 17.1 Å². The number of hydrogen-bond donors (Lipinski definition) is 2. The third-order valence-corrected chi connectivity index (χ3v) is 7.18. The van der Waals surface area contributed by atoms with Crippen molar-refractivity contribution in [1.29, 1.82) is 0 Å². The fourth-order valence-electron chi connectivity index (χ4n) is 5.52. The fraction of sp³-hybridized carbons (Fsp3) is 0.773. The van der Waals surface area contributed by atoms with Crippen molar-refractivity contribution in [2.45, 2.75) is 32.6 Å². The number of rotatable bonds is 7. The van der Waals surface area contributed by atoms with Crippen molar-refractivity contribution in [1.82, 2.24) is 20.4 Å². The van der Waals surface area contributed by atoms with Crippen LogP contribution in [-0.4, -0.2) is 73.9 Å². The molecule has 2 saturated heterocycles. The summed E-state index contributed by atoms with van der Waals surface area (Å²) < 4.78 is 0. The predicted octanol–water partition coefficient (Wildman–Crippen LogP) is 1.70. The fourth-order valence-corrected chi connectivity index (χ4v) is 5.52. The monoisotopic (exact) mass is 529 g/mol. The lowest BCUT2D eigenvalue weighted by molar-refractivity contribution is -0.140. The van der Waals surface area contributed by atoms with Crippen LogP contribution in [0.2, 0.25) is 0 Å². The smallest absolute Gasteiger partial charge is 0.233 e. The molecule has 4 atom stereocenters. The van der Waals surface area contributed by atoms with Gasteiger partial charge in [-0.1, -0.05) is 12.2 Å². The third kappa shape index (κ3) is 4.84. The average molecular weight is 529 g/mol. The second-order valence-electron chi connectivity index (χ2n) is 9.05. The largest absolute Gasteiger partial charge is 0.357 e. The molecule has 8 heteroatoms. The molecule has 168 valence electrons. The molecule has 0 aromatic carbocycles. The van der Waals surface area contributed by atoms with Crippen LogP contribution >= 0.6 is 24.0 Å². The number of likely N-dealkylation sites (tertiary alicyclic amines) is 2. The van der Waals surface area contributed by atoms with E-state index in [1.807, 2.05) is 6.92 Å². The summed E-state index contributed by atoms with van der Waals surface area (Å²) in [7, 11) is 2.19. The molecule has 2 amide bonds. The first-order chi connectivity index (χ1) is 14.1. The molecule has 2 aliphatic heterocycles. The number of nitrogens with one attached hydrogen (secondary N) is 2. The molecule has 2 heterocycles. The van der Waals surface area contributed by atoms with E-state index in [1.165, 1.54) is 30.8 Å². The highest BCUT2D eigenvalue weighted by molar-refractivity contribution is 14.0. The zero-order valence-electron chi connectivity index (χ0n) is 18.2. The number of fused-ring (bicyclic) bond motifs is 5. The molecule has 4 rings (SSSR count). The molecule has 2 aliphatic carbocycles. The van der Waals surface area contributed by atoms with Crippen molar-refractivity contribution in [2.24, 2.45) is 34.6 Å². The van der Waals surface area contributed by atoms with E-state index in [1.54, 1.807) is 0 Å². The van der Waals surface area contributed by atoms with Gasteiger partial charge in [0, 0.05) is 26.2 Å². The van der Waals surface area contributed by atoms with Crippen LogP contribution in [0.3, 0.4) is 0 Å². The number of amides is 2. The summed E-state index contributed by atoms with van der Waals surface area (Å²) >= 11 is 0. The van der Waals surface area contributed by atoms with Gasteiger partial charge in [0.25, 0.3) is 0 Å². The summed E-state index contributed by atoms with van der Waals surface area (Å²) in [4.78, 5) is 34.1. The Morgan fingerprint density at radius 2 is 1.73 bits per heavy atom. The van der Waals surface area contributed by atoms with Gasteiger partial charge >= 0.3 is 0 Å². The Morgan fingerprint density at radius 1 is 1.10 bits per heavy atom. The second kappa shape index (κ2) is 10.4. The molecule has 3 fully saturated rings. The minimum atomic E-state index is -0.103. The SMILES string of the molecule is CCNC(=NCCC1CCN(C)CC1)NCCN1C(=O)C2C3C=CC(C3)C2C1=O.I. The minimum absolute atomic E-state index is 0. The van der Waals surface area contributed by atoms with E-state index < -0.39 is 0 Å². The molecule has 4 unspecified atom stereocenters. The van der Waals surface area contributed by atoms with Gasteiger partial charge in [0.1, 0.15) is 0 Å². The summed E-state index contributed by atoms with van der Waals surface area (Å²) in [6.45, 7) is 6.98. The molecule has 0 aromatic heterocycles. The molecule has 0 spiro atoms. The van der Waals surface area contributed by atoms with Crippen LogP contribution in [-0.2, 0) is 9.59 Å². The molecule has 0 aromatic rings. The first-order valence-corrected chi connectivity index (χ1v) is 11.3. The number of imide groups is 1. The van der Waals surface area contributed by atoms with E-state index in [9.17, 15) is 9.59 Å². The van der Waals surface area contributed by atoms with Crippen LogP contribution in [0.5, 0.6) is 0 Å². The molecule has 4 aliphatic rings. The van der Waals surface area contributed by atoms with E-state index in [-0.39, 0.29) is 59.5 Å². The maximum absolute atomic E-state index is 12.8. The minimum Gasteiger partial charge on any atom is -0.357 e. The van der Waals surface area contributed by atoms with Gasteiger partial charge < -0.3 is 15.5 Å². The maximum atomic E-state index is 12.8. The number of piperidine rings is 1. The third-order valence-electron chi connectivity index (χ3n) is 7.18. The number of hydrogen-bond acceptors (Lipinski definition) is 4.